The number of nitrogens with one attached hydrogen (secondary N) is 2. The Morgan fingerprint density at radius 1 is 0.895 bits per heavy atom. The summed E-state index contributed by atoms with van der Waals surface area (Å²) in [6, 6.07) is 28.8. The van der Waals surface area contributed by atoms with E-state index in [4.69, 9.17) is 9.90 Å². The SMILES string of the molecule is CCc1c(C)c2c(c(CNCCCc3ccccc3)c1-c1ccc(C)cc1)-c1ccccc1CN2.O=CO. The van der Waals surface area contributed by atoms with Crippen molar-refractivity contribution in [3.05, 3.63) is 112 Å². The van der Waals surface area contributed by atoms with Crippen LogP contribution in [0.25, 0.3) is 22.3 Å². The van der Waals surface area contributed by atoms with Crippen LogP contribution in [0.1, 0.15) is 46.7 Å². The average molecular weight is 507 g/mol. The molecular weight excluding hydrogens is 468 g/mol. The Kier molecular flexibility index (Phi) is 9.34. The van der Waals surface area contributed by atoms with Crippen LogP contribution in [0.2, 0.25) is 0 Å². The highest BCUT2D eigenvalue weighted by atomic mass is 16.3. The van der Waals surface area contributed by atoms with E-state index in [9.17, 15) is 0 Å². The van der Waals surface area contributed by atoms with E-state index in [0.717, 1.165) is 38.9 Å². The Morgan fingerprint density at radius 2 is 1.58 bits per heavy atom. The van der Waals surface area contributed by atoms with Gasteiger partial charge in [0.2, 0.25) is 0 Å². The second-order valence-corrected chi connectivity index (χ2v) is 9.81. The summed E-state index contributed by atoms with van der Waals surface area (Å²) in [4.78, 5) is 8.36. The summed E-state index contributed by atoms with van der Waals surface area (Å²) in [5.74, 6) is 0. The normalized spacial score (nSPS) is 11.4. The third-order valence-electron chi connectivity index (χ3n) is 7.38. The lowest BCUT2D eigenvalue weighted by Crippen LogP contribution is -2.20. The van der Waals surface area contributed by atoms with Gasteiger partial charge in [-0.1, -0.05) is 91.3 Å². The van der Waals surface area contributed by atoms with Gasteiger partial charge in [0.25, 0.3) is 6.47 Å². The number of hydrogen-bond donors (Lipinski definition) is 3. The van der Waals surface area contributed by atoms with Crippen LogP contribution in [-0.4, -0.2) is 18.1 Å². The molecule has 4 heteroatoms. The summed E-state index contributed by atoms with van der Waals surface area (Å²) in [5.41, 5.74) is 15.2. The molecule has 0 radical (unpaired) electrons. The summed E-state index contributed by atoms with van der Waals surface area (Å²) >= 11 is 0. The molecule has 4 aromatic rings. The van der Waals surface area contributed by atoms with E-state index in [1.165, 1.54) is 61.3 Å². The molecule has 5 rings (SSSR count). The largest absolute Gasteiger partial charge is 0.483 e. The van der Waals surface area contributed by atoms with Crippen molar-refractivity contribution in [1.82, 2.24) is 5.32 Å². The highest BCUT2D eigenvalue weighted by Crippen LogP contribution is 2.46. The molecule has 0 aromatic heterocycles. The van der Waals surface area contributed by atoms with Crippen LogP contribution in [0.15, 0.2) is 78.9 Å². The molecule has 0 spiro atoms. The van der Waals surface area contributed by atoms with Crippen molar-refractivity contribution < 1.29 is 9.90 Å². The summed E-state index contributed by atoms with van der Waals surface area (Å²) in [6.07, 6.45) is 3.26. The van der Waals surface area contributed by atoms with Crippen molar-refractivity contribution >= 4 is 12.2 Å². The lowest BCUT2D eigenvalue weighted by Gasteiger charge is -2.30. The summed E-state index contributed by atoms with van der Waals surface area (Å²) in [6.45, 7) is 9.26. The molecule has 0 unspecified atom stereocenters. The van der Waals surface area contributed by atoms with Gasteiger partial charge in [0, 0.05) is 24.3 Å². The molecule has 0 saturated carbocycles. The van der Waals surface area contributed by atoms with Gasteiger partial charge in [-0.2, -0.15) is 0 Å². The number of aryl methyl sites for hydroxylation is 2. The number of carbonyl (C=O) groups is 1. The number of carboxylic acid groups (broad SMARTS) is 1. The molecular formula is C34H38N2O2. The van der Waals surface area contributed by atoms with E-state index in [0.29, 0.717) is 0 Å². The molecule has 38 heavy (non-hydrogen) atoms. The van der Waals surface area contributed by atoms with E-state index >= 15 is 0 Å². The first-order chi connectivity index (χ1) is 18.6. The molecule has 0 aliphatic carbocycles. The summed E-state index contributed by atoms with van der Waals surface area (Å²) < 4.78 is 0. The van der Waals surface area contributed by atoms with Crippen LogP contribution in [0.4, 0.5) is 5.69 Å². The van der Waals surface area contributed by atoms with Gasteiger partial charge < -0.3 is 15.7 Å². The van der Waals surface area contributed by atoms with E-state index < -0.39 is 0 Å². The third-order valence-corrected chi connectivity index (χ3v) is 7.38. The van der Waals surface area contributed by atoms with Gasteiger partial charge in [-0.05, 0) is 84.2 Å². The summed E-state index contributed by atoms with van der Waals surface area (Å²) in [5, 5.41) is 14.5. The smallest absolute Gasteiger partial charge is 0.290 e. The molecule has 3 N–H and O–H groups in total. The molecule has 4 nitrogen and oxygen atoms in total. The Balaban J connectivity index is 0.00000107. The number of anilines is 1. The molecule has 0 amide bonds. The average Bonchev–Trinajstić information content (AvgIpc) is 2.95. The molecule has 0 saturated heterocycles. The maximum Gasteiger partial charge on any atom is 0.290 e. The van der Waals surface area contributed by atoms with E-state index in [-0.39, 0.29) is 6.47 Å². The van der Waals surface area contributed by atoms with Crippen molar-refractivity contribution in [2.45, 2.75) is 53.1 Å². The molecule has 1 aliphatic heterocycles. The minimum atomic E-state index is -0.250. The first kappa shape index (κ1) is 27.2. The van der Waals surface area contributed by atoms with Gasteiger partial charge in [0.05, 0.1) is 0 Å². The van der Waals surface area contributed by atoms with Crippen LogP contribution in [0.5, 0.6) is 0 Å². The number of rotatable bonds is 8. The predicted molar refractivity (Wildman–Crippen MR) is 159 cm³/mol. The Bertz CT molecular complexity index is 1360. The highest BCUT2D eigenvalue weighted by molar-refractivity contribution is 5.94. The van der Waals surface area contributed by atoms with Gasteiger partial charge in [0.15, 0.2) is 0 Å². The van der Waals surface area contributed by atoms with E-state index in [1.807, 2.05) is 0 Å². The second kappa shape index (κ2) is 13.1. The molecule has 1 heterocycles. The van der Waals surface area contributed by atoms with Crippen molar-refractivity contribution in [2.75, 3.05) is 11.9 Å². The van der Waals surface area contributed by atoms with Crippen LogP contribution >= 0.6 is 0 Å². The van der Waals surface area contributed by atoms with Gasteiger partial charge in [-0.25, -0.2) is 0 Å². The Labute approximate surface area is 226 Å². The quantitative estimate of drug-likeness (QED) is 0.171. The van der Waals surface area contributed by atoms with Crippen LogP contribution in [-0.2, 0) is 30.7 Å². The number of benzene rings is 4. The molecule has 196 valence electrons. The zero-order chi connectivity index (χ0) is 26.9. The topological polar surface area (TPSA) is 61.4 Å². The third kappa shape index (κ3) is 5.98. The monoisotopic (exact) mass is 506 g/mol. The first-order valence-corrected chi connectivity index (χ1v) is 13.5. The van der Waals surface area contributed by atoms with Gasteiger partial charge in [-0.3, -0.25) is 4.79 Å². The van der Waals surface area contributed by atoms with Crippen molar-refractivity contribution in [2.24, 2.45) is 0 Å². The minimum absolute atomic E-state index is 0.250. The molecule has 1 aliphatic rings. The predicted octanol–water partition coefficient (Wildman–Crippen LogP) is 7.55. The molecule has 4 aromatic carbocycles. The van der Waals surface area contributed by atoms with Crippen molar-refractivity contribution in [1.29, 1.82) is 0 Å². The highest BCUT2D eigenvalue weighted by Gasteiger charge is 2.26. The maximum atomic E-state index is 8.36. The molecule has 0 fully saturated rings. The van der Waals surface area contributed by atoms with Crippen molar-refractivity contribution in [3.63, 3.8) is 0 Å². The van der Waals surface area contributed by atoms with Gasteiger partial charge >= 0.3 is 0 Å². The van der Waals surface area contributed by atoms with Crippen LogP contribution in [0.3, 0.4) is 0 Å². The lowest BCUT2D eigenvalue weighted by molar-refractivity contribution is -0.122. The van der Waals surface area contributed by atoms with E-state index in [2.05, 4.69) is 110 Å². The maximum absolute atomic E-state index is 8.36. The Morgan fingerprint density at radius 3 is 2.29 bits per heavy atom. The summed E-state index contributed by atoms with van der Waals surface area (Å²) in [7, 11) is 0. The fourth-order valence-corrected chi connectivity index (χ4v) is 5.57. The molecule has 0 bridgehead atoms. The van der Waals surface area contributed by atoms with Gasteiger partial charge in [0.1, 0.15) is 0 Å². The standard InChI is InChI=1S/C33H36N2.CH2O2/c1-4-28-24(3)33-32(29-15-9-8-14-27(29)21-35-33)30(31(28)26-18-16-23(2)17-19-26)22-34-20-10-13-25-11-6-5-7-12-25;2-1-3/h5-9,11-12,14-19,34-35H,4,10,13,20-22H2,1-3H3;1H,(H,2,3). The first-order valence-electron chi connectivity index (χ1n) is 13.5. The zero-order valence-electron chi connectivity index (χ0n) is 22.7. The number of hydrogen-bond acceptors (Lipinski definition) is 3. The van der Waals surface area contributed by atoms with Crippen LogP contribution < -0.4 is 10.6 Å². The Hall–Kier alpha value is -3.89. The second-order valence-electron chi connectivity index (χ2n) is 9.81. The fraction of sp³-hybridized carbons (Fsp3) is 0.265. The van der Waals surface area contributed by atoms with Crippen LogP contribution in [0, 0.1) is 13.8 Å². The lowest BCUT2D eigenvalue weighted by atomic mass is 9.80. The fourth-order valence-electron chi connectivity index (χ4n) is 5.57. The number of fused-ring (bicyclic) bond motifs is 3. The van der Waals surface area contributed by atoms with Crippen molar-refractivity contribution in [3.8, 4) is 22.3 Å². The molecule has 0 atom stereocenters. The zero-order valence-corrected chi connectivity index (χ0v) is 22.7. The minimum Gasteiger partial charge on any atom is -0.483 e. The van der Waals surface area contributed by atoms with E-state index in [1.54, 1.807) is 0 Å². The van der Waals surface area contributed by atoms with Gasteiger partial charge in [-0.15, -0.1) is 0 Å².